The van der Waals surface area contributed by atoms with Crippen LogP contribution in [-0.2, 0) is 0 Å². The van der Waals surface area contributed by atoms with Crippen LogP contribution in [0, 0.1) is 11.3 Å². The molecule has 94 valence electrons. The van der Waals surface area contributed by atoms with Gasteiger partial charge in [0.2, 0.25) is 5.29 Å². The second-order valence-electron chi connectivity index (χ2n) is 5.99. The molecule has 2 fully saturated rings. The lowest BCUT2D eigenvalue weighted by atomic mass is 9.66. The van der Waals surface area contributed by atoms with Gasteiger partial charge in [-0.25, -0.2) is 9.98 Å². The van der Waals surface area contributed by atoms with Crippen molar-refractivity contribution in [3.63, 3.8) is 0 Å². The molecule has 0 aromatic carbocycles. The Labute approximate surface area is 108 Å². The average molecular weight is 254 g/mol. The third kappa shape index (κ3) is 1.41. The lowest BCUT2D eigenvalue weighted by Gasteiger charge is -2.61. The zero-order chi connectivity index (χ0) is 12.2. The number of amidine groups is 2. The average Bonchev–Trinajstić information content (AvgIpc) is 2.79. The van der Waals surface area contributed by atoms with Gasteiger partial charge in [-0.05, 0) is 37.3 Å². The molecule has 0 N–H and O–H groups in total. The zero-order valence-corrected chi connectivity index (χ0v) is 11.5. The van der Waals surface area contributed by atoms with Crippen LogP contribution in [0.25, 0.3) is 0 Å². The highest BCUT2D eigenvalue weighted by Gasteiger charge is 2.60. The summed E-state index contributed by atoms with van der Waals surface area (Å²) < 4.78 is 0. The van der Waals surface area contributed by atoms with Crippen molar-refractivity contribution in [1.82, 2.24) is 4.90 Å². The molecule has 0 aromatic heterocycles. The summed E-state index contributed by atoms with van der Waals surface area (Å²) in [6, 6.07) is 0.652. The van der Waals surface area contributed by atoms with Crippen LogP contribution in [0.2, 0.25) is 0 Å². The molecule has 17 heavy (non-hydrogen) atoms. The van der Waals surface area contributed by atoms with Crippen molar-refractivity contribution in [3.8, 4) is 0 Å². The van der Waals surface area contributed by atoms with E-state index in [1.165, 1.54) is 31.5 Å². The zero-order valence-electron chi connectivity index (χ0n) is 10.8. The van der Waals surface area contributed by atoms with Crippen molar-refractivity contribution in [3.05, 3.63) is 0 Å². The number of rotatable bonds is 2. The molecule has 2 aliphatic heterocycles. The minimum absolute atomic E-state index is 0.0982. The quantitative estimate of drug-likeness (QED) is 0.695. The van der Waals surface area contributed by atoms with Gasteiger partial charge >= 0.3 is 0 Å². The number of likely N-dealkylation sites (tertiary alicyclic amines) is 1. The largest absolute Gasteiger partial charge is 0.333 e. The van der Waals surface area contributed by atoms with Gasteiger partial charge in [0, 0.05) is 6.04 Å². The van der Waals surface area contributed by atoms with Gasteiger partial charge in [-0.15, -0.1) is 0 Å². The van der Waals surface area contributed by atoms with E-state index in [9.17, 15) is 0 Å². The van der Waals surface area contributed by atoms with Crippen molar-refractivity contribution in [1.29, 1.82) is 0 Å². The highest BCUT2D eigenvalue weighted by Crippen LogP contribution is 2.51. The summed E-state index contributed by atoms with van der Waals surface area (Å²) in [5, 5.41) is 0.442. The van der Waals surface area contributed by atoms with Gasteiger partial charge < -0.3 is 4.90 Å². The SMILES string of the molecule is CC(C)[C@@]1(C)C2=NC(Cl)=NC1N2C1CCCC1. The Morgan fingerprint density at radius 2 is 2.00 bits per heavy atom. The molecule has 3 rings (SSSR count). The second kappa shape index (κ2) is 3.71. The van der Waals surface area contributed by atoms with E-state index < -0.39 is 0 Å². The first-order valence-corrected chi connectivity index (χ1v) is 7.03. The molecule has 2 heterocycles. The summed E-state index contributed by atoms with van der Waals surface area (Å²) in [6.07, 6.45) is 5.49. The van der Waals surface area contributed by atoms with Crippen LogP contribution in [-0.4, -0.2) is 28.2 Å². The first-order valence-electron chi connectivity index (χ1n) is 6.66. The lowest BCUT2D eigenvalue weighted by molar-refractivity contribution is 0.0290. The molecule has 1 aliphatic carbocycles. The maximum Gasteiger partial charge on any atom is 0.221 e. The molecule has 0 amide bonds. The van der Waals surface area contributed by atoms with Gasteiger partial charge in [0.25, 0.3) is 0 Å². The Balaban J connectivity index is 1.91. The molecule has 1 saturated heterocycles. The number of aliphatic imine (C=N–C) groups is 2. The summed E-state index contributed by atoms with van der Waals surface area (Å²) >= 11 is 5.98. The highest BCUT2D eigenvalue weighted by molar-refractivity contribution is 6.66. The Morgan fingerprint density at radius 1 is 1.35 bits per heavy atom. The third-order valence-corrected chi connectivity index (χ3v) is 5.05. The molecule has 0 spiro atoms. The van der Waals surface area contributed by atoms with Crippen LogP contribution < -0.4 is 0 Å². The fourth-order valence-electron chi connectivity index (χ4n) is 3.44. The Bertz CT molecular complexity index is 395. The van der Waals surface area contributed by atoms with Crippen LogP contribution in [0.4, 0.5) is 0 Å². The predicted molar refractivity (Wildman–Crippen MR) is 71.6 cm³/mol. The Kier molecular flexibility index (Phi) is 2.51. The van der Waals surface area contributed by atoms with Gasteiger partial charge in [0.15, 0.2) is 0 Å². The van der Waals surface area contributed by atoms with E-state index in [2.05, 4.69) is 35.7 Å². The minimum Gasteiger partial charge on any atom is -0.333 e. The summed E-state index contributed by atoms with van der Waals surface area (Å²) in [5.41, 5.74) is 0.0982. The van der Waals surface area contributed by atoms with Gasteiger partial charge in [-0.1, -0.05) is 26.7 Å². The molecule has 1 unspecified atom stereocenters. The van der Waals surface area contributed by atoms with Crippen LogP contribution in [0.15, 0.2) is 9.98 Å². The van der Waals surface area contributed by atoms with E-state index in [1.54, 1.807) is 0 Å². The molecular formula is C13H20ClN3. The van der Waals surface area contributed by atoms with E-state index in [-0.39, 0.29) is 11.6 Å². The standard InChI is InChI=1S/C13H20ClN3/c1-8(2)13(3)10-15-12(14)16-11(13)17(10)9-6-4-5-7-9/h8-10H,4-7H2,1-3H3/t10?,13-/m1/s1. The molecule has 3 aliphatic rings. The van der Waals surface area contributed by atoms with Crippen molar-refractivity contribution in [2.45, 2.75) is 58.7 Å². The van der Waals surface area contributed by atoms with E-state index in [1.807, 2.05) is 0 Å². The molecule has 3 nitrogen and oxygen atoms in total. The molecule has 2 atom stereocenters. The number of fused-ring (bicyclic) bond motifs is 2. The maximum absolute atomic E-state index is 5.98. The highest BCUT2D eigenvalue weighted by atomic mass is 35.5. The van der Waals surface area contributed by atoms with E-state index in [4.69, 9.17) is 11.6 Å². The predicted octanol–water partition coefficient (Wildman–Crippen LogP) is 3.24. The Morgan fingerprint density at radius 3 is 2.47 bits per heavy atom. The van der Waals surface area contributed by atoms with Crippen molar-refractivity contribution in [2.24, 2.45) is 21.3 Å². The normalized spacial score (nSPS) is 37.0. The number of hydrogen-bond acceptors (Lipinski definition) is 3. The van der Waals surface area contributed by atoms with E-state index >= 15 is 0 Å². The molecule has 0 aromatic rings. The number of nitrogens with zero attached hydrogens (tertiary/aromatic N) is 3. The smallest absolute Gasteiger partial charge is 0.221 e. The van der Waals surface area contributed by atoms with Crippen molar-refractivity contribution < 1.29 is 0 Å². The maximum atomic E-state index is 5.98. The van der Waals surface area contributed by atoms with Gasteiger partial charge in [-0.2, -0.15) is 0 Å². The summed E-state index contributed by atoms with van der Waals surface area (Å²) in [5.74, 6) is 1.74. The van der Waals surface area contributed by atoms with Crippen LogP contribution >= 0.6 is 11.6 Å². The summed E-state index contributed by atoms with van der Waals surface area (Å²) in [7, 11) is 0. The summed E-state index contributed by atoms with van der Waals surface area (Å²) in [6.45, 7) is 6.78. The fourth-order valence-corrected chi connectivity index (χ4v) is 3.61. The molecule has 4 heteroatoms. The lowest BCUT2D eigenvalue weighted by Crippen LogP contribution is -2.72. The minimum atomic E-state index is 0.0982. The second-order valence-corrected chi connectivity index (χ2v) is 6.33. The summed E-state index contributed by atoms with van der Waals surface area (Å²) in [4.78, 5) is 11.5. The van der Waals surface area contributed by atoms with Crippen molar-refractivity contribution >= 4 is 22.7 Å². The van der Waals surface area contributed by atoms with Crippen molar-refractivity contribution in [2.75, 3.05) is 0 Å². The molecule has 1 saturated carbocycles. The first-order chi connectivity index (χ1) is 8.05. The van der Waals surface area contributed by atoms with E-state index in [0.717, 1.165) is 0 Å². The van der Waals surface area contributed by atoms with Gasteiger partial charge in [-0.3, -0.25) is 0 Å². The van der Waals surface area contributed by atoms with Crippen LogP contribution in [0.3, 0.4) is 0 Å². The number of halogens is 1. The molecule has 2 bridgehead atoms. The first kappa shape index (κ1) is 11.5. The van der Waals surface area contributed by atoms with Gasteiger partial charge in [0.05, 0.1) is 5.41 Å². The fraction of sp³-hybridized carbons (Fsp3) is 0.846. The Hall–Kier alpha value is -0.570. The molecule has 0 radical (unpaired) electrons. The van der Waals surface area contributed by atoms with Crippen LogP contribution in [0.1, 0.15) is 46.5 Å². The third-order valence-electron chi connectivity index (χ3n) is 4.87. The molecular weight excluding hydrogens is 234 g/mol. The van der Waals surface area contributed by atoms with E-state index in [0.29, 0.717) is 17.3 Å². The topological polar surface area (TPSA) is 28.0 Å². The number of hydrogen-bond donors (Lipinski definition) is 0. The van der Waals surface area contributed by atoms with Crippen LogP contribution in [0.5, 0.6) is 0 Å². The van der Waals surface area contributed by atoms with Gasteiger partial charge in [0.1, 0.15) is 12.0 Å². The monoisotopic (exact) mass is 253 g/mol.